The molecule has 1 aromatic heterocycles. The first kappa shape index (κ1) is 27.2. The van der Waals surface area contributed by atoms with Gasteiger partial charge in [-0.1, -0.05) is 108 Å². The molecule has 0 amide bonds. The maximum Gasteiger partial charge on any atom is 0.433 e. The summed E-state index contributed by atoms with van der Waals surface area (Å²) in [6, 6.07) is 28.2. The van der Waals surface area contributed by atoms with Crippen LogP contribution in [0.25, 0.3) is 11.1 Å². The van der Waals surface area contributed by atoms with Gasteiger partial charge in [-0.2, -0.15) is 13.2 Å². The Morgan fingerprint density at radius 1 is 0.737 bits per heavy atom. The van der Waals surface area contributed by atoms with Crippen molar-refractivity contribution in [3.05, 3.63) is 102 Å². The minimum Gasteiger partial charge on any atom is -0.315 e. The highest BCUT2D eigenvalue weighted by molar-refractivity contribution is 5.98. The van der Waals surface area contributed by atoms with E-state index in [1.54, 1.807) is 0 Å². The van der Waals surface area contributed by atoms with Gasteiger partial charge in [0.2, 0.25) is 0 Å². The third kappa shape index (κ3) is 4.32. The van der Waals surface area contributed by atoms with E-state index in [4.69, 9.17) is 0 Å². The van der Waals surface area contributed by atoms with E-state index in [-0.39, 0.29) is 11.6 Å². The van der Waals surface area contributed by atoms with Gasteiger partial charge < -0.3 is 9.80 Å². The fourth-order valence-electron chi connectivity index (χ4n) is 5.38. The number of fused-ring (bicyclic) bond motifs is 5. The molecule has 0 aliphatic carbocycles. The molecule has 3 aromatic carbocycles. The Morgan fingerprint density at radius 2 is 1.29 bits per heavy atom. The minimum atomic E-state index is -4.57. The first-order chi connectivity index (χ1) is 18.3. The molecule has 0 N–H and O–H groups in total. The molecule has 4 aromatic rings. The van der Waals surface area contributed by atoms with Gasteiger partial charge in [-0.15, -0.1) is 0 Å². The average Bonchev–Trinajstić information content (AvgIpc) is 3.42. The Morgan fingerprint density at radius 3 is 1.89 bits per heavy atom. The highest BCUT2D eigenvalue weighted by Crippen LogP contribution is 2.60. The normalized spacial score (nSPS) is 16.4. The van der Waals surface area contributed by atoms with Gasteiger partial charge in [-0.05, 0) is 35.4 Å². The number of nitrogens with zero attached hydrogens (tertiary/aromatic N) is 3. The van der Waals surface area contributed by atoms with Crippen molar-refractivity contribution in [3.63, 3.8) is 0 Å². The van der Waals surface area contributed by atoms with Crippen LogP contribution >= 0.6 is 0 Å². The highest BCUT2D eigenvalue weighted by Gasteiger charge is 2.55. The van der Waals surface area contributed by atoms with Crippen LogP contribution < -0.4 is 9.80 Å². The van der Waals surface area contributed by atoms with Gasteiger partial charge in [0, 0.05) is 22.4 Å². The van der Waals surface area contributed by atoms with E-state index in [0.717, 1.165) is 22.5 Å². The highest BCUT2D eigenvalue weighted by atomic mass is 19.4. The lowest BCUT2D eigenvalue weighted by Gasteiger charge is -2.37. The van der Waals surface area contributed by atoms with Crippen LogP contribution in [-0.4, -0.2) is 11.1 Å². The van der Waals surface area contributed by atoms with E-state index in [1.165, 1.54) is 6.07 Å². The summed E-state index contributed by atoms with van der Waals surface area (Å²) >= 11 is 0. The molecule has 0 radical (unpaired) electrons. The Kier molecular flexibility index (Phi) is 7.54. The minimum absolute atomic E-state index is 0.263. The predicted molar refractivity (Wildman–Crippen MR) is 151 cm³/mol. The van der Waals surface area contributed by atoms with E-state index >= 15 is 0 Å². The molecular formula is C32H34F3N3. The maximum absolute atomic E-state index is 14.1. The molecule has 0 saturated heterocycles. The first-order valence-corrected chi connectivity index (χ1v) is 13.2. The molecule has 2 aliphatic heterocycles. The molecule has 2 aliphatic rings. The molecule has 6 heteroatoms. The second-order valence-corrected chi connectivity index (χ2v) is 9.28. The van der Waals surface area contributed by atoms with Crippen LogP contribution in [0.5, 0.6) is 0 Å². The van der Waals surface area contributed by atoms with Gasteiger partial charge in [-0.3, -0.25) is 0 Å². The van der Waals surface area contributed by atoms with Crippen LogP contribution in [0.2, 0.25) is 0 Å². The van der Waals surface area contributed by atoms with Gasteiger partial charge in [0.1, 0.15) is 11.9 Å². The largest absolute Gasteiger partial charge is 0.433 e. The van der Waals surface area contributed by atoms with Crippen LogP contribution in [0, 0.1) is 0 Å². The van der Waals surface area contributed by atoms with E-state index < -0.39 is 11.9 Å². The zero-order chi connectivity index (χ0) is 27.7. The Balaban J connectivity index is 0.000000804. The van der Waals surface area contributed by atoms with Gasteiger partial charge in [-0.25, -0.2) is 4.98 Å². The monoisotopic (exact) mass is 517 g/mol. The molecule has 0 saturated carbocycles. The summed E-state index contributed by atoms with van der Waals surface area (Å²) in [5.41, 5.74) is 3.56. The summed E-state index contributed by atoms with van der Waals surface area (Å²) in [6.45, 7) is 12.3. The third-order valence-corrected chi connectivity index (χ3v) is 6.85. The van der Waals surface area contributed by atoms with E-state index in [9.17, 15) is 13.2 Å². The summed E-state index contributed by atoms with van der Waals surface area (Å²) in [5, 5.41) is 0. The molecular weight excluding hydrogens is 483 g/mol. The van der Waals surface area contributed by atoms with Crippen molar-refractivity contribution < 1.29 is 13.2 Å². The quantitative estimate of drug-likeness (QED) is 0.264. The molecule has 3 heterocycles. The van der Waals surface area contributed by atoms with Crippen LogP contribution in [-0.2, 0) is 11.6 Å². The molecule has 0 spiro atoms. The molecule has 6 rings (SSSR count). The fraction of sp³-hybridized carbons (Fsp3) is 0.281. The average molecular weight is 518 g/mol. The number of para-hydroxylation sites is 2. The number of rotatable bonds is 2. The summed E-state index contributed by atoms with van der Waals surface area (Å²) in [4.78, 5) is 8.40. The molecule has 38 heavy (non-hydrogen) atoms. The Bertz CT molecular complexity index is 1380. The molecule has 1 unspecified atom stereocenters. The fourth-order valence-corrected chi connectivity index (χ4v) is 5.38. The number of benzene rings is 3. The molecule has 3 nitrogen and oxygen atoms in total. The number of aromatic nitrogens is 1. The lowest BCUT2D eigenvalue weighted by atomic mass is 9.83. The number of hydrogen-bond acceptors (Lipinski definition) is 3. The number of alkyl halides is 3. The smallest absolute Gasteiger partial charge is 0.315 e. The van der Waals surface area contributed by atoms with E-state index in [2.05, 4.69) is 29.8 Å². The van der Waals surface area contributed by atoms with Gasteiger partial charge in [0.25, 0.3) is 0 Å². The maximum atomic E-state index is 14.1. The molecule has 0 bridgehead atoms. The van der Waals surface area contributed by atoms with Crippen molar-refractivity contribution in [1.82, 2.24) is 4.98 Å². The second-order valence-electron chi connectivity index (χ2n) is 9.28. The zero-order valence-electron chi connectivity index (χ0n) is 22.7. The number of hydrogen-bond donors (Lipinski definition) is 0. The second kappa shape index (κ2) is 10.5. The van der Waals surface area contributed by atoms with Crippen molar-refractivity contribution in [2.75, 3.05) is 9.80 Å². The summed E-state index contributed by atoms with van der Waals surface area (Å²) in [7, 11) is 0. The van der Waals surface area contributed by atoms with Crippen molar-refractivity contribution in [3.8, 4) is 11.1 Å². The number of halogens is 3. The Hall–Kier alpha value is -3.80. The summed E-state index contributed by atoms with van der Waals surface area (Å²) in [6.07, 6.45) is -4.83. The topological polar surface area (TPSA) is 19.4 Å². The van der Waals surface area contributed by atoms with Crippen molar-refractivity contribution in [2.24, 2.45) is 0 Å². The predicted octanol–water partition coefficient (Wildman–Crippen LogP) is 9.73. The van der Waals surface area contributed by atoms with Crippen LogP contribution in [0.1, 0.15) is 52.8 Å². The molecule has 1 atom stereocenters. The Labute approximate surface area is 223 Å². The van der Waals surface area contributed by atoms with Crippen molar-refractivity contribution in [1.29, 1.82) is 0 Å². The lowest BCUT2D eigenvalue weighted by molar-refractivity contribution is -0.141. The van der Waals surface area contributed by atoms with Gasteiger partial charge >= 0.3 is 6.18 Å². The molecule has 0 fully saturated rings. The summed E-state index contributed by atoms with van der Waals surface area (Å²) in [5.74, 6) is 0.334. The van der Waals surface area contributed by atoms with Crippen LogP contribution in [0.4, 0.5) is 36.1 Å². The summed E-state index contributed by atoms with van der Waals surface area (Å²) < 4.78 is 42.2. The van der Waals surface area contributed by atoms with Crippen molar-refractivity contribution in [2.45, 2.75) is 59.3 Å². The van der Waals surface area contributed by atoms with E-state index in [0.29, 0.717) is 17.1 Å². The standard InChI is InChI=1S/C28H22F3N3.2C2H6/c1-27(2)21-15-9-10-16-22(21)34-25-24(33(26(27)34)19-13-7-4-8-14-19)20(18-11-5-3-6-12-18)17-23(32-25)28(29,30)31;2*1-2/h3-17,26H,1-2H3;2*1-2H3. The first-order valence-electron chi connectivity index (χ1n) is 13.2. The lowest BCUT2D eigenvalue weighted by Crippen LogP contribution is -2.46. The van der Waals surface area contributed by atoms with Gasteiger partial charge in [0.05, 0.1) is 5.69 Å². The van der Waals surface area contributed by atoms with Gasteiger partial charge in [0.15, 0.2) is 5.82 Å². The zero-order valence-corrected chi connectivity index (χ0v) is 22.7. The SMILES string of the molecule is CC.CC.CC1(C)c2ccccc2N2c3nc(C(F)(F)F)cc(-c4ccccc4)c3N(c3ccccc3)C21. The number of pyridine rings is 1. The van der Waals surface area contributed by atoms with Crippen LogP contribution in [0.15, 0.2) is 91.0 Å². The van der Waals surface area contributed by atoms with E-state index in [1.807, 2.05) is 111 Å². The van der Waals surface area contributed by atoms with Crippen molar-refractivity contribution >= 4 is 22.9 Å². The molecule has 198 valence electrons. The third-order valence-electron chi connectivity index (χ3n) is 6.85. The van der Waals surface area contributed by atoms with Crippen LogP contribution in [0.3, 0.4) is 0 Å². The number of anilines is 4.